The molecular formula is C11H12N2O3. The number of carboxylic acids is 1. The Balaban J connectivity index is 2.15. The molecule has 1 fully saturated rings. The SMILES string of the molecule is Cc1cccnc1NC(=O)C1(C(=O)O)CC1. The Morgan fingerprint density at radius 3 is 2.69 bits per heavy atom. The summed E-state index contributed by atoms with van der Waals surface area (Å²) in [6, 6.07) is 3.57. The van der Waals surface area contributed by atoms with Gasteiger partial charge in [0.25, 0.3) is 0 Å². The van der Waals surface area contributed by atoms with Crippen LogP contribution in [0.25, 0.3) is 0 Å². The molecule has 0 atom stereocenters. The van der Waals surface area contributed by atoms with Gasteiger partial charge in [-0.1, -0.05) is 6.07 Å². The van der Waals surface area contributed by atoms with E-state index in [0.717, 1.165) is 5.56 Å². The number of aryl methyl sites for hydroxylation is 1. The van der Waals surface area contributed by atoms with Crippen LogP contribution in [0.5, 0.6) is 0 Å². The first kappa shape index (κ1) is 10.6. The minimum absolute atomic E-state index is 0.403. The van der Waals surface area contributed by atoms with Gasteiger partial charge in [-0.3, -0.25) is 9.59 Å². The van der Waals surface area contributed by atoms with Gasteiger partial charge in [0.1, 0.15) is 11.2 Å². The number of hydrogen-bond acceptors (Lipinski definition) is 3. The highest BCUT2D eigenvalue weighted by Gasteiger charge is 2.57. The molecule has 5 nitrogen and oxygen atoms in total. The van der Waals surface area contributed by atoms with Crippen LogP contribution in [-0.2, 0) is 9.59 Å². The maximum absolute atomic E-state index is 11.8. The first-order valence-electron chi connectivity index (χ1n) is 5.03. The lowest BCUT2D eigenvalue weighted by Gasteiger charge is -2.11. The van der Waals surface area contributed by atoms with Crippen LogP contribution in [0.2, 0.25) is 0 Å². The lowest BCUT2D eigenvalue weighted by Crippen LogP contribution is -2.31. The molecule has 0 saturated heterocycles. The average Bonchev–Trinajstić information content (AvgIpc) is 3.02. The molecule has 0 aromatic carbocycles. The second-order valence-corrected chi connectivity index (χ2v) is 4.01. The third kappa shape index (κ3) is 1.64. The number of anilines is 1. The maximum atomic E-state index is 11.8. The monoisotopic (exact) mass is 220 g/mol. The molecule has 0 radical (unpaired) electrons. The minimum atomic E-state index is -1.22. The van der Waals surface area contributed by atoms with Crippen molar-refractivity contribution in [2.75, 3.05) is 5.32 Å². The number of carbonyl (C=O) groups excluding carboxylic acids is 1. The van der Waals surface area contributed by atoms with E-state index in [0.29, 0.717) is 18.7 Å². The second kappa shape index (κ2) is 3.59. The van der Waals surface area contributed by atoms with Gasteiger partial charge in [0.05, 0.1) is 0 Å². The minimum Gasteiger partial charge on any atom is -0.480 e. The topological polar surface area (TPSA) is 79.3 Å². The number of amides is 1. The van der Waals surface area contributed by atoms with E-state index in [9.17, 15) is 9.59 Å². The number of hydrogen-bond donors (Lipinski definition) is 2. The molecule has 1 aliphatic rings. The molecular weight excluding hydrogens is 208 g/mol. The Kier molecular flexibility index (Phi) is 2.38. The molecule has 0 unspecified atom stereocenters. The molecule has 1 amide bonds. The molecule has 2 N–H and O–H groups in total. The smallest absolute Gasteiger partial charge is 0.319 e. The number of pyridine rings is 1. The van der Waals surface area contributed by atoms with Gasteiger partial charge in [0.2, 0.25) is 5.91 Å². The zero-order chi connectivity index (χ0) is 11.8. The van der Waals surface area contributed by atoms with Crippen LogP contribution in [0, 0.1) is 12.3 Å². The quantitative estimate of drug-likeness (QED) is 0.750. The van der Waals surface area contributed by atoms with Crippen LogP contribution < -0.4 is 5.32 Å². The van der Waals surface area contributed by atoms with Gasteiger partial charge < -0.3 is 10.4 Å². The van der Waals surface area contributed by atoms with Crippen LogP contribution >= 0.6 is 0 Å². The van der Waals surface area contributed by atoms with E-state index in [1.165, 1.54) is 0 Å². The van der Waals surface area contributed by atoms with Crippen LogP contribution in [0.1, 0.15) is 18.4 Å². The van der Waals surface area contributed by atoms with Crippen LogP contribution in [0.4, 0.5) is 5.82 Å². The van der Waals surface area contributed by atoms with Gasteiger partial charge in [0.15, 0.2) is 0 Å². The molecule has 0 spiro atoms. The molecule has 84 valence electrons. The summed E-state index contributed by atoms with van der Waals surface area (Å²) in [5.41, 5.74) is -0.402. The Morgan fingerprint density at radius 2 is 2.19 bits per heavy atom. The Hall–Kier alpha value is -1.91. The van der Waals surface area contributed by atoms with Crippen LogP contribution in [0.3, 0.4) is 0 Å². The van der Waals surface area contributed by atoms with E-state index in [4.69, 9.17) is 5.11 Å². The number of carbonyl (C=O) groups is 2. The standard InChI is InChI=1S/C11H12N2O3/c1-7-3-2-6-12-8(7)13-9(14)11(4-5-11)10(15)16/h2-3,6H,4-5H2,1H3,(H,15,16)(H,12,13,14). The van der Waals surface area contributed by atoms with E-state index >= 15 is 0 Å². The van der Waals surface area contributed by atoms with Crippen molar-refractivity contribution in [2.24, 2.45) is 5.41 Å². The summed E-state index contributed by atoms with van der Waals surface area (Å²) in [5, 5.41) is 11.5. The first-order valence-corrected chi connectivity index (χ1v) is 5.03. The third-order valence-corrected chi connectivity index (χ3v) is 2.84. The van der Waals surface area contributed by atoms with Gasteiger partial charge >= 0.3 is 5.97 Å². The van der Waals surface area contributed by atoms with Gasteiger partial charge in [-0.05, 0) is 31.4 Å². The Morgan fingerprint density at radius 1 is 1.50 bits per heavy atom. The van der Waals surface area contributed by atoms with E-state index < -0.39 is 17.3 Å². The zero-order valence-corrected chi connectivity index (χ0v) is 8.86. The molecule has 1 saturated carbocycles. The zero-order valence-electron chi connectivity index (χ0n) is 8.86. The molecule has 1 heterocycles. The molecule has 1 aliphatic carbocycles. The molecule has 2 rings (SSSR count). The number of nitrogens with one attached hydrogen (secondary N) is 1. The Labute approximate surface area is 92.5 Å². The number of aliphatic carboxylic acids is 1. The fraction of sp³-hybridized carbons (Fsp3) is 0.364. The summed E-state index contributed by atoms with van der Waals surface area (Å²) >= 11 is 0. The van der Waals surface area contributed by atoms with E-state index in [2.05, 4.69) is 10.3 Å². The largest absolute Gasteiger partial charge is 0.480 e. The lowest BCUT2D eigenvalue weighted by atomic mass is 10.1. The first-order chi connectivity index (χ1) is 7.56. The molecule has 0 aliphatic heterocycles. The second-order valence-electron chi connectivity index (χ2n) is 4.01. The summed E-state index contributed by atoms with van der Waals surface area (Å²) in [4.78, 5) is 26.7. The highest BCUT2D eigenvalue weighted by molar-refractivity contribution is 6.10. The molecule has 0 bridgehead atoms. The average molecular weight is 220 g/mol. The molecule has 16 heavy (non-hydrogen) atoms. The maximum Gasteiger partial charge on any atom is 0.319 e. The van der Waals surface area contributed by atoms with E-state index in [1.807, 2.05) is 13.0 Å². The van der Waals surface area contributed by atoms with Crippen LogP contribution in [-0.4, -0.2) is 22.0 Å². The fourth-order valence-corrected chi connectivity index (χ4v) is 1.51. The fourth-order valence-electron chi connectivity index (χ4n) is 1.51. The van der Waals surface area contributed by atoms with Crippen molar-refractivity contribution in [3.63, 3.8) is 0 Å². The van der Waals surface area contributed by atoms with Crippen molar-refractivity contribution in [2.45, 2.75) is 19.8 Å². The van der Waals surface area contributed by atoms with E-state index in [-0.39, 0.29) is 0 Å². The predicted octanol–water partition coefficient (Wildman–Crippen LogP) is 1.19. The summed E-state index contributed by atoms with van der Waals surface area (Å²) in [7, 11) is 0. The predicted molar refractivity (Wildman–Crippen MR) is 56.9 cm³/mol. The van der Waals surface area contributed by atoms with Gasteiger partial charge in [-0.25, -0.2) is 4.98 Å². The summed E-state index contributed by atoms with van der Waals surface area (Å²) in [6.07, 6.45) is 2.36. The number of rotatable bonds is 3. The molecule has 5 heteroatoms. The van der Waals surface area contributed by atoms with Crippen molar-refractivity contribution >= 4 is 17.7 Å². The normalized spacial score (nSPS) is 16.6. The van der Waals surface area contributed by atoms with Gasteiger partial charge in [0, 0.05) is 6.20 Å². The number of nitrogens with zero attached hydrogens (tertiary/aromatic N) is 1. The molecule has 1 aromatic rings. The highest BCUT2D eigenvalue weighted by Crippen LogP contribution is 2.46. The van der Waals surface area contributed by atoms with E-state index in [1.54, 1.807) is 12.3 Å². The lowest BCUT2D eigenvalue weighted by molar-refractivity contribution is -0.147. The van der Waals surface area contributed by atoms with Crippen LogP contribution in [0.15, 0.2) is 18.3 Å². The molecule has 1 aromatic heterocycles. The summed E-state index contributed by atoms with van der Waals surface area (Å²) in [6.45, 7) is 1.81. The summed E-state index contributed by atoms with van der Waals surface area (Å²) < 4.78 is 0. The van der Waals surface area contributed by atoms with Gasteiger partial charge in [-0.2, -0.15) is 0 Å². The third-order valence-electron chi connectivity index (χ3n) is 2.84. The van der Waals surface area contributed by atoms with Gasteiger partial charge in [-0.15, -0.1) is 0 Å². The Bertz CT molecular complexity index is 452. The number of carboxylic acid groups (broad SMARTS) is 1. The highest BCUT2D eigenvalue weighted by atomic mass is 16.4. The van der Waals surface area contributed by atoms with Crippen molar-refractivity contribution in [3.05, 3.63) is 23.9 Å². The number of aromatic nitrogens is 1. The van der Waals surface area contributed by atoms with Crippen molar-refractivity contribution in [3.8, 4) is 0 Å². The van der Waals surface area contributed by atoms with Crippen molar-refractivity contribution in [1.29, 1.82) is 0 Å². The van der Waals surface area contributed by atoms with Crippen molar-refractivity contribution in [1.82, 2.24) is 4.98 Å². The summed E-state index contributed by atoms with van der Waals surface area (Å²) in [5.74, 6) is -1.10. The van der Waals surface area contributed by atoms with Crippen molar-refractivity contribution < 1.29 is 14.7 Å².